The number of esters is 1. The lowest BCUT2D eigenvalue weighted by molar-refractivity contribution is -0.146. The lowest BCUT2D eigenvalue weighted by Gasteiger charge is -2.40. The minimum atomic E-state index is -0.206. The van der Waals surface area contributed by atoms with E-state index >= 15 is 0 Å². The molecule has 0 saturated carbocycles. The summed E-state index contributed by atoms with van der Waals surface area (Å²) in [5.74, 6) is 0.714. The Bertz CT molecular complexity index is 1400. The molecule has 3 aromatic rings. The van der Waals surface area contributed by atoms with Gasteiger partial charge in [0.1, 0.15) is 11.9 Å². The molecule has 40 heavy (non-hydrogen) atoms. The Morgan fingerprint density at radius 3 is 2.52 bits per heavy atom. The molecule has 0 aliphatic carbocycles. The van der Waals surface area contributed by atoms with E-state index in [-0.39, 0.29) is 24.6 Å². The zero-order valence-corrected chi connectivity index (χ0v) is 25.1. The third-order valence-electron chi connectivity index (χ3n) is 8.31. The molecule has 1 saturated heterocycles. The fourth-order valence-corrected chi connectivity index (χ4v) is 6.06. The predicted octanol–water partition coefficient (Wildman–Crippen LogP) is 7.26. The molecule has 5 rings (SSSR count). The molecule has 2 aliphatic rings. The molecule has 0 amide bonds. The third kappa shape index (κ3) is 6.01. The molecule has 0 radical (unpaired) electrons. The predicted molar refractivity (Wildman–Crippen MR) is 160 cm³/mol. The van der Waals surface area contributed by atoms with Gasteiger partial charge < -0.3 is 14.4 Å². The summed E-state index contributed by atoms with van der Waals surface area (Å²) in [6, 6.07) is 12.6. The summed E-state index contributed by atoms with van der Waals surface area (Å²) in [5, 5.41) is 0. The van der Waals surface area contributed by atoms with Crippen molar-refractivity contribution in [2.45, 2.75) is 92.8 Å². The highest BCUT2D eigenvalue weighted by molar-refractivity contribution is 5.87. The quantitative estimate of drug-likeness (QED) is 0.306. The lowest BCUT2D eigenvalue weighted by Crippen LogP contribution is -2.38. The topological polar surface area (TPSA) is 64.5 Å². The van der Waals surface area contributed by atoms with Gasteiger partial charge in [-0.25, -0.2) is 0 Å². The Hall–Kier alpha value is -3.41. The second-order valence-electron chi connectivity index (χ2n) is 12.5. The molecule has 0 spiro atoms. The Kier molecular flexibility index (Phi) is 7.89. The Morgan fingerprint density at radius 2 is 1.82 bits per heavy atom. The van der Waals surface area contributed by atoms with Crippen LogP contribution in [0.4, 0.5) is 5.69 Å². The van der Waals surface area contributed by atoms with Crippen LogP contribution in [0.5, 0.6) is 5.75 Å². The van der Waals surface area contributed by atoms with Crippen molar-refractivity contribution in [3.8, 4) is 16.9 Å². The summed E-state index contributed by atoms with van der Waals surface area (Å²) >= 11 is 0. The maximum Gasteiger partial charge on any atom is 0.310 e. The van der Waals surface area contributed by atoms with E-state index in [9.17, 15) is 4.79 Å². The summed E-state index contributed by atoms with van der Waals surface area (Å²) in [6.07, 6.45) is 4.06. The summed E-state index contributed by atoms with van der Waals surface area (Å²) in [4.78, 5) is 25.1. The van der Waals surface area contributed by atoms with E-state index in [0.717, 1.165) is 89.7 Å². The number of rotatable bonds is 6. The van der Waals surface area contributed by atoms with Crippen molar-refractivity contribution in [1.82, 2.24) is 9.97 Å². The van der Waals surface area contributed by atoms with Gasteiger partial charge in [0.25, 0.3) is 0 Å². The maximum atomic E-state index is 12.9. The van der Waals surface area contributed by atoms with Crippen molar-refractivity contribution in [3.63, 3.8) is 0 Å². The second-order valence-corrected chi connectivity index (χ2v) is 12.5. The van der Waals surface area contributed by atoms with Gasteiger partial charge in [0, 0.05) is 41.3 Å². The molecule has 1 fully saturated rings. The molecular formula is C34H43N3O3. The smallest absolute Gasteiger partial charge is 0.310 e. The van der Waals surface area contributed by atoms with Crippen LogP contribution in [-0.2, 0) is 22.4 Å². The number of aryl methyl sites for hydroxylation is 4. The van der Waals surface area contributed by atoms with Crippen LogP contribution in [-0.4, -0.2) is 35.1 Å². The molecule has 6 nitrogen and oxygen atoms in total. The van der Waals surface area contributed by atoms with E-state index in [2.05, 4.69) is 49.9 Å². The highest BCUT2D eigenvalue weighted by atomic mass is 16.5. The first-order valence-corrected chi connectivity index (χ1v) is 14.7. The Balaban J connectivity index is 1.55. The standard InChI is InChI=1S/C34H43N3O3/c1-21(2)39-31(38)20-27-23(4)36-24(5)32(33(27)37-17-15-34(6,7)16-18-37)26-12-13-29-25(19-26)11-14-30(40-29)28-10-8-9-22(3)35-28/h8-10,12-13,19,21,30H,11,14-18,20H2,1-7H3. The van der Waals surface area contributed by atoms with E-state index in [0.29, 0.717) is 5.41 Å². The van der Waals surface area contributed by atoms with Crippen LogP contribution in [0.15, 0.2) is 36.4 Å². The summed E-state index contributed by atoms with van der Waals surface area (Å²) in [6.45, 7) is 16.5. The second kappa shape index (κ2) is 11.2. The van der Waals surface area contributed by atoms with Gasteiger partial charge in [0.05, 0.1) is 23.9 Å². The molecule has 1 unspecified atom stereocenters. The molecule has 6 heteroatoms. The largest absolute Gasteiger partial charge is 0.484 e. The zero-order chi connectivity index (χ0) is 28.6. The van der Waals surface area contributed by atoms with E-state index in [1.807, 2.05) is 39.8 Å². The monoisotopic (exact) mass is 541 g/mol. The molecule has 212 valence electrons. The molecule has 1 atom stereocenters. The number of fused-ring (bicyclic) bond motifs is 1. The molecule has 0 N–H and O–H groups in total. The van der Waals surface area contributed by atoms with Gasteiger partial charge in [-0.15, -0.1) is 0 Å². The minimum Gasteiger partial charge on any atom is -0.484 e. The number of benzene rings is 1. The van der Waals surface area contributed by atoms with Crippen molar-refractivity contribution in [2.75, 3.05) is 18.0 Å². The first-order chi connectivity index (χ1) is 19.0. The average Bonchev–Trinajstić information content (AvgIpc) is 2.89. The molecule has 2 aliphatic heterocycles. The summed E-state index contributed by atoms with van der Waals surface area (Å²) in [5.41, 5.74) is 9.75. The normalized spacial score (nSPS) is 18.3. The minimum absolute atomic E-state index is 0.0353. The fraction of sp³-hybridized carbons (Fsp3) is 0.500. The third-order valence-corrected chi connectivity index (χ3v) is 8.31. The number of hydrogen-bond acceptors (Lipinski definition) is 6. The SMILES string of the molecule is Cc1cccc(C2CCc3cc(-c4c(C)nc(C)c(CC(=O)OC(C)C)c4N4CCC(C)(C)CC4)ccc3O2)n1. The zero-order valence-electron chi connectivity index (χ0n) is 25.1. The number of anilines is 1. The van der Waals surface area contributed by atoms with Gasteiger partial charge in [-0.1, -0.05) is 26.0 Å². The molecule has 1 aromatic carbocycles. The summed E-state index contributed by atoms with van der Waals surface area (Å²) in [7, 11) is 0. The van der Waals surface area contributed by atoms with Crippen molar-refractivity contribution >= 4 is 11.7 Å². The van der Waals surface area contributed by atoms with Crippen LogP contribution in [0, 0.1) is 26.2 Å². The molecular weight excluding hydrogens is 498 g/mol. The van der Waals surface area contributed by atoms with Crippen LogP contribution in [0.2, 0.25) is 0 Å². The number of carbonyl (C=O) groups excluding carboxylic acids is 1. The number of nitrogens with zero attached hydrogens (tertiary/aromatic N) is 3. The van der Waals surface area contributed by atoms with Crippen LogP contribution in [0.1, 0.15) is 87.0 Å². The number of piperidine rings is 1. The van der Waals surface area contributed by atoms with Crippen molar-refractivity contribution in [3.05, 3.63) is 70.3 Å². The van der Waals surface area contributed by atoms with Gasteiger partial charge >= 0.3 is 5.97 Å². The number of carbonyl (C=O) groups is 1. The maximum absolute atomic E-state index is 12.9. The number of ether oxygens (including phenoxy) is 2. The fourth-order valence-electron chi connectivity index (χ4n) is 6.06. The van der Waals surface area contributed by atoms with Crippen LogP contribution < -0.4 is 9.64 Å². The summed E-state index contributed by atoms with van der Waals surface area (Å²) < 4.78 is 12.0. The van der Waals surface area contributed by atoms with Crippen molar-refractivity contribution in [2.24, 2.45) is 5.41 Å². The highest BCUT2D eigenvalue weighted by Gasteiger charge is 2.31. The van der Waals surface area contributed by atoms with Gasteiger partial charge in [-0.05, 0) is 101 Å². The average molecular weight is 542 g/mol. The van der Waals surface area contributed by atoms with Gasteiger partial charge in [-0.2, -0.15) is 0 Å². The van der Waals surface area contributed by atoms with E-state index in [4.69, 9.17) is 19.4 Å². The van der Waals surface area contributed by atoms with Crippen LogP contribution in [0.25, 0.3) is 11.1 Å². The van der Waals surface area contributed by atoms with Gasteiger partial charge in [0.15, 0.2) is 0 Å². The highest BCUT2D eigenvalue weighted by Crippen LogP contribution is 2.44. The number of hydrogen-bond donors (Lipinski definition) is 0. The van der Waals surface area contributed by atoms with Crippen LogP contribution >= 0.6 is 0 Å². The van der Waals surface area contributed by atoms with E-state index in [1.165, 1.54) is 5.56 Å². The number of pyridine rings is 2. The van der Waals surface area contributed by atoms with Gasteiger partial charge in [-0.3, -0.25) is 14.8 Å². The number of aromatic nitrogens is 2. The van der Waals surface area contributed by atoms with Crippen molar-refractivity contribution in [1.29, 1.82) is 0 Å². The van der Waals surface area contributed by atoms with Crippen molar-refractivity contribution < 1.29 is 14.3 Å². The molecule has 4 heterocycles. The van der Waals surface area contributed by atoms with Gasteiger partial charge in [0.2, 0.25) is 0 Å². The first-order valence-electron chi connectivity index (χ1n) is 14.7. The lowest BCUT2D eigenvalue weighted by atomic mass is 9.82. The van der Waals surface area contributed by atoms with E-state index in [1.54, 1.807) is 0 Å². The molecule has 0 bridgehead atoms. The van der Waals surface area contributed by atoms with E-state index < -0.39 is 0 Å². The first kappa shape index (κ1) is 28.1. The molecule has 2 aromatic heterocycles. The van der Waals surface area contributed by atoms with Crippen LogP contribution in [0.3, 0.4) is 0 Å². The Labute approximate surface area is 239 Å². The Morgan fingerprint density at radius 1 is 1.07 bits per heavy atom.